The topological polar surface area (TPSA) is 118 Å². The Hall–Kier alpha value is -3.51. The predicted octanol–water partition coefficient (Wildman–Crippen LogP) is 3.48. The summed E-state index contributed by atoms with van der Waals surface area (Å²) >= 11 is 0. The van der Waals surface area contributed by atoms with Gasteiger partial charge in [0.2, 0.25) is 0 Å². The molecule has 2 aromatic rings. The molecule has 0 fully saturated rings. The van der Waals surface area contributed by atoms with Crippen molar-refractivity contribution in [1.82, 2.24) is 9.55 Å². The molecule has 1 aliphatic heterocycles. The van der Waals surface area contributed by atoms with Crippen LogP contribution in [0.3, 0.4) is 0 Å². The Morgan fingerprint density at radius 2 is 2.10 bits per heavy atom. The van der Waals surface area contributed by atoms with Gasteiger partial charge in [0.25, 0.3) is 0 Å². The highest BCUT2D eigenvalue weighted by Crippen LogP contribution is 2.30. The molecule has 1 aliphatic rings. The number of fused-ring (bicyclic) bond motifs is 1. The number of nitro groups is 1. The molecule has 1 aromatic heterocycles. The summed E-state index contributed by atoms with van der Waals surface area (Å²) in [6, 6.07) is 4.58. The van der Waals surface area contributed by atoms with Gasteiger partial charge in [-0.3, -0.25) is 9.88 Å². The van der Waals surface area contributed by atoms with Gasteiger partial charge in [0.1, 0.15) is 24.2 Å². The van der Waals surface area contributed by atoms with Gasteiger partial charge in [-0.1, -0.05) is 0 Å². The molecule has 1 N–H and O–H groups in total. The van der Waals surface area contributed by atoms with Crippen LogP contribution >= 0.6 is 0 Å². The monoisotopic (exact) mass is 416 g/mol. The lowest BCUT2D eigenvalue weighted by molar-refractivity contribution is -0.389. The van der Waals surface area contributed by atoms with Crippen molar-refractivity contribution < 1.29 is 37.1 Å². The van der Waals surface area contributed by atoms with Gasteiger partial charge in [-0.15, -0.1) is 13.2 Å². The molecule has 0 aliphatic carbocycles. The number of aromatic nitrogens is 2. The van der Waals surface area contributed by atoms with Crippen molar-refractivity contribution in [2.45, 2.75) is 31.9 Å². The van der Waals surface area contributed by atoms with Gasteiger partial charge < -0.3 is 24.3 Å². The van der Waals surface area contributed by atoms with Crippen LogP contribution in [-0.4, -0.2) is 39.1 Å². The van der Waals surface area contributed by atoms with Gasteiger partial charge in [-0.25, -0.2) is 4.79 Å². The first-order chi connectivity index (χ1) is 13.5. The zero-order valence-corrected chi connectivity index (χ0v) is 14.9. The summed E-state index contributed by atoms with van der Waals surface area (Å²) in [5, 5.41) is 13.2. The van der Waals surface area contributed by atoms with Gasteiger partial charge in [0.05, 0.1) is 0 Å². The third kappa shape index (κ3) is 5.27. The maximum atomic E-state index is 12.1. The van der Waals surface area contributed by atoms with E-state index in [2.05, 4.69) is 15.0 Å². The minimum Gasteiger partial charge on any atom is -0.445 e. The Bertz CT molecular complexity index is 914. The van der Waals surface area contributed by atoms with E-state index in [-0.39, 0.29) is 24.1 Å². The van der Waals surface area contributed by atoms with Crippen LogP contribution in [0.15, 0.2) is 30.5 Å². The van der Waals surface area contributed by atoms with E-state index in [4.69, 9.17) is 9.47 Å². The van der Waals surface area contributed by atoms with Gasteiger partial charge in [0, 0.05) is 23.6 Å². The fraction of sp³-hybridized carbons (Fsp3) is 0.375. The molecular formula is C16H15F3N4O6. The van der Waals surface area contributed by atoms with Crippen LogP contribution in [0.2, 0.25) is 0 Å². The number of rotatable bonds is 5. The van der Waals surface area contributed by atoms with Crippen molar-refractivity contribution >= 4 is 17.6 Å². The normalized spacial score (nSPS) is 18.3. The van der Waals surface area contributed by atoms with E-state index < -0.39 is 28.7 Å². The first-order valence-corrected chi connectivity index (χ1v) is 8.23. The summed E-state index contributed by atoms with van der Waals surface area (Å²) in [5.74, 6) is -0.773. The number of benzene rings is 1. The molecule has 1 amide bonds. The van der Waals surface area contributed by atoms with Crippen molar-refractivity contribution in [3.63, 3.8) is 0 Å². The maximum Gasteiger partial charge on any atom is 0.573 e. The standard InChI is InChI=1S/C16H15F3N4O6/c1-15(6-7-22-8-12(23(25)26)21-13(22)29-15)9-27-14(24)20-10-2-4-11(5-3-10)28-16(17,18)19/h2-5,8H,6-7,9H2,1H3,(H,20,24)/t15-/m1/s1. The molecule has 1 atom stereocenters. The molecule has 1 aromatic carbocycles. The molecular weight excluding hydrogens is 401 g/mol. The van der Waals surface area contributed by atoms with Gasteiger partial charge in [-0.05, 0) is 36.1 Å². The number of halogens is 3. The molecule has 2 heterocycles. The Morgan fingerprint density at radius 1 is 1.41 bits per heavy atom. The first kappa shape index (κ1) is 20.2. The van der Waals surface area contributed by atoms with Crippen molar-refractivity contribution in [3.05, 3.63) is 40.6 Å². The third-order valence-corrected chi connectivity index (χ3v) is 3.98. The fourth-order valence-electron chi connectivity index (χ4n) is 2.56. The van der Waals surface area contributed by atoms with E-state index in [0.29, 0.717) is 13.0 Å². The number of carbonyl (C=O) groups is 1. The highest BCUT2D eigenvalue weighted by Gasteiger charge is 2.38. The number of nitrogens with one attached hydrogen (secondary N) is 1. The number of carbonyl (C=O) groups excluding carboxylic acids is 1. The second kappa shape index (κ2) is 7.48. The number of hydrogen-bond acceptors (Lipinski definition) is 7. The van der Waals surface area contributed by atoms with Crippen molar-refractivity contribution in [3.8, 4) is 11.8 Å². The number of hydrogen-bond donors (Lipinski definition) is 1. The molecule has 0 saturated heterocycles. The summed E-state index contributed by atoms with van der Waals surface area (Å²) in [6.45, 7) is 1.88. The molecule has 156 valence electrons. The van der Waals surface area contributed by atoms with Crippen LogP contribution in [0.25, 0.3) is 0 Å². The lowest BCUT2D eigenvalue weighted by Gasteiger charge is -2.31. The highest BCUT2D eigenvalue weighted by atomic mass is 19.4. The van der Waals surface area contributed by atoms with Crippen molar-refractivity contribution in [2.75, 3.05) is 11.9 Å². The van der Waals surface area contributed by atoms with Gasteiger partial charge in [-0.2, -0.15) is 0 Å². The van der Waals surface area contributed by atoms with E-state index in [0.717, 1.165) is 12.1 Å². The van der Waals surface area contributed by atoms with Crippen LogP contribution < -0.4 is 14.8 Å². The lowest BCUT2D eigenvalue weighted by atomic mass is 10.0. The molecule has 0 unspecified atom stereocenters. The zero-order chi connectivity index (χ0) is 21.2. The number of anilines is 1. The summed E-state index contributed by atoms with van der Waals surface area (Å²) in [7, 11) is 0. The summed E-state index contributed by atoms with van der Waals surface area (Å²) in [4.78, 5) is 25.9. The maximum absolute atomic E-state index is 12.1. The zero-order valence-electron chi connectivity index (χ0n) is 14.9. The minimum absolute atomic E-state index is 0.0507. The Kier molecular flexibility index (Phi) is 5.22. The largest absolute Gasteiger partial charge is 0.573 e. The summed E-state index contributed by atoms with van der Waals surface area (Å²) < 4.78 is 52.4. The predicted molar refractivity (Wildman–Crippen MR) is 90.6 cm³/mol. The van der Waals surface area contributed by atoms with Crippen LogP contribution in [0.1, 0.15) is 13.3 Å². The molecule has 0 spiro atoms. The Labute approximate surface area is 161 Å². The SMILES string of the molecule is C[C@]1(COC(=O)Nc2ccc(OC(F)(F)F)cc2)CCn2cc([N+](=O)[O-])nc2O1. The number of amides is 1. The average molecular weight is 416 g/mol. The quantitative estimate of drug-likeness (QED) is 0.586. The lowest BCUT2D eigenvalue weighted by Crippen LogP contribution is -2.43. The van der Waals surface area contributed by atoms with E-state index in [9.17, 15) is 28.1 Å². The Balaban J connectivity index is 1.53. The Morgan fingerprint density at radius 3 is 2.72 bits per heavy atom. The van der Waals surface area contributed by atoms with E-state index in [1.807, 2.05) is 0 Å². The van der Waals surface area contributed by atoms with Crippen molar-refractivity contribution in [1.29, 1.82) is 0 Å². The second-order valence-electron chi connectivity index (χ2n) is 6.41. The van der Waals surface area contributed by atoms with Crippen molar-refractivity contribution in [2.24, 2.45) is 0 Å². The van der Waals surface area contributed by atoms with Crippen LogP contribution in [0.5, 0.6) is 11.8 Å². The third-order valence-electron chi connectivity index (χ3n) is 3.98. The molecule has 3 rings (SSSR count). The summed E-state index contributed by atoms with van der Waals surface area (Å²) in [6.07, 6.45) is -3.99. The van der Waals surface area contributed by atoms with Gasteiger partial charge in [0.15, 0.2) is 0 Å². The second-order valence-corrected chi connectivity index (χ2v) is 6.41. The number of alkyl halides is 3. The first-order valence-electron chi connectivity index (χ1n) is 8.23. The van der Waals surface area contributed by atoms with E-state index >= 15 is 0 Å². The van der Waals surface area contributed by atoms with E-state index in [1.165, 1.54) is 22.9 Å². The van der Waals surface area contributed by atoms with Crippen LogP contribution in [-0.2, 0) is 11.3 Å². The fourth-order valence-corrected chi connectivity index (χ4v) is 2.56. The summed E-state index contributed by atoms with van der Waals surface area (Å²) in [5.41, 5.74) is -0.748. The molecule has 0 bridgehead atoms. The highest BCUT2D eigenvalue weighted by molar-refractivity contribution is 5.84. The van der Waals surface area contributed by atoms with Gasteiger partial charge >= 0.3 is 24.3 Å². The molecule has 13 heteroatoms. The molecule has 29 heavy (non-hydrogen) atoms. The number of nitrogens with zero attached hydrogens (tertiary/aromatic N) is 3. The molecule has 10 nitrogen and oxygen atoms in total. The smallest absolute Gasteiger partial charge is 0.445 e. The number of ether oxygens (including phenoxy) is 3. The minimum atomic E-state index is -4.81. The molecule has 0 saturated carbocycles. The average Bonchev–Trinajstić information content (AvgIpc) is 3.04. The van der Waals surface area contributed by atoms with Crippen LogP contribution in [0.4, 0.5) is 29.5 Å². The van der Waals surface area contributed by atoms with Crippen LogP contribution in [0, 0.1) is 10.1 Å². The molecule has 0 radical (unpaired) electrons. The van der Waals surface area contributed by atoms with E-state index in [1.54, 1.807) is 6.92 Å². The number of aryl methyl sites for hydroxylation is 1. The number of imidazole rings is 1.